The van der Waals surface area contributed by atoms with Crippen molar-refractivity contribution in [3.8, 4) is 0 Å². The summed E-state index contributed by atoms with van der Waals surface area (Å²) in [5.41, 5.74) is 1.12. The van der Waals surface area contributed by atoms with Gasteiger partial charge < -0.3 is 5.32 Å². The lowest BCUT2D eigenvalue weighted by Gasteiger charge is -2.17. The molecule has 0 aliphatic heterocycles. The zero-order chi connectivity index (χ0) is 12.3. The number of carbonyl (C=O) groups is 1. The molecule has 1 atom stereocenters. The lowest BCUT2D eigenvalue weighted by atomic mass is 10.0. The third-order valence-electron chi connectivity index (χ3n) is 3.09. The molecule has 1 N–H and O–H groups in total. The predicted octanol–water partition coefficient (Wildman–Crippen LogP) is 3.59. The molecule has 0 radical (unpaired) electrons. The Kier molecular flexibility index (Phi) is 4.00. The van der Waals surface area contributed by atoms with Gasteiger partial charge >= 0.3 is 0 Å². The summed E-state index contributed by atoms with van der Waals surface area (Å²) in [5, 5.41) is 3.07. The quantitative estimate of drug-likeness (QED) is 0.848. The second kappa shape index (κ2) is 5.50. The van der Waals surface area contributed by atoms with Gasteiger partial charge in [-0.2, -0.15) is 0 Å². The van der Waals surface area contributed by atoms with Crippen LogP contribution in [-0.2, 0) is 4.79 Å². The summed E-state index contributed by atoms with van der Waals surface area (Å²) < 4.78 is 1.04. The molecule has 1 aromatic carbocycles. The van der Waals surface area contributed by atoms with E-state index in [0.29, 0.717) is 0 Å². The highest BCUT2D eigenvalue weighted by Crippen LogP contribution is 2.21. The van der Waals surface area contributed by atoms with Gasteiger partial charge in [-0.15, -0.1) is 0 Å². The van der Waals surface area contributed by atoms with Crippen molar-refractivity contribution in [3.05, 3.63) is 46.5 Å². The molecule has 0 aromatic heterocycles. The van der Waals surface area contributed by atoms with Gasteiger partial charge in [0.1, 0.15) is 0 Å². The van der Waals surface area contributed by atoms with Crippen molar-refractivity contribution in [2.45, 2.75) is 25.8 Å². The Morgan fingerprint density at radius 2 is 2.12 bits per heavy atom. The molecule has 0 spiro atoms. The molecule has 1 aromatic rings. The average molecular weight is 294 g/mol. The van der Waals surface area contributed by atoms with Crippen molar-refractivity contribution in [2.75, 3.05) is 0 Å². The van der Waals surface area contributed by atoms with E-state index in [1.807, 2.05) is 31.2 Å². The maximum Gasteiger partial charge on any atom is 0.224 e. The molecule has 1 aliphatic rings. The first-order valence-corrected chi connectivity index (χ1v) is 6.67. The molecule has 1 aliphatic carbocycles. The van der Waals surface area contributed by atoms with Crippen LogP contribution >= 0.6 is 15.9 Å². The molecule has 0 saturated heterocycles. The minimum atomic E-state index is 0.0561. The van der Waals surface area contributed by atoms with E-state index in [4.69, 9.17) is 0 Å². The van der Waals surface area contributed by atoms with E-state index >= 15 is 0 Å². The molecule has 0 heterocycles. The number of amides is 1. The van der Waals surface area contributed by atoms with E-state index in [2.05, 4.69) is 33.4 Å². The van der Waals surface area contributed by atoms with Crippen LogP contribution in [0.1, 0.15) is 31.4 Å². The summed E-state index contributed by atoms with van der Waals surface area (Å²) in [5.74, 6) is 0.284. The third kappa shape index (κ3) is 3.19. The summed E-state index contributed by atoms with van der Waals surface area (Å²) >= 11 is 3.44. The van der Waals surface area contributed by atoms with Gasteiger partial charge in [0, 0.05) is 10.4 Å². The highest BCUT2D eigenvalue weighted by atomic mass is 79.9. The highest BCUT2D eigenvalue weighted by Gasteiger charge is 2.20. The van der Waals surface area contributed by atoms with Crippen molar-refractivity contribution in [2.24, 2.45) is 5.92 Å². The smallest absolute Gasteiger partial charge is 0.224 e. The first kappa shape index (κ1) is 12.4. The van der Waals surface area contributed by atoms with Crippen molar-refractivity contribution in [1.82, 2.24) is 5.32 Å². The number of hydrogen-bond acceptors (Lipinski definition) is 1. The zero-order valence-electron chi connectivity index (χ0n) is 9.82. The van der Waals surface area contributed by atoms with E-state index in [1.54, 1.807) is 0 Å². The van der Waals surface area contributed by atoms with Crippen molar-refractivity contribution in [1.29, 1.82) is 0 Å². The minimum Gasteiger partial charge on any atom is -0.349 e. The Morgan fingerprint density at radius 3 is 2.76 bits per heavy atom. The molecule has 2 rings (SSSR count). The molecule has 2 nitrogen and oxygen atoms in total. The largest absolute Gasteiger partial charge is 0.349 e. The first-order valence-electron chi connectivity index (χ1n) is 5.87. The van der Waals surface area contributed by atoms with Crippen LogP contribution in [0.2, 0.25) is 0 Å². The zero-order valence-corrected chi connectivity index (χ0v) is 11.4. The van der Waals surface area contributed by atoms with Gasteiger partial charge in [-0.25, -0.2) is 0 Å². The predicted molar refractivity (Wildman–Crippen MR) is 72.6 cm³/mol. The monoisotopic (exact) mass is 293 g/mol. The fraction of sp³-hybridized carbons (Fsp3) is 0.357. The van der Waals surface area contributed by atoms with Crippen LogP contribution in [0.15, 0.2) is 40.9 Å². The van der Waals surface area contributed by atoms with Crippen molar-refractivity contribution < 1.29 is 4.79 Å². The third-order valence-corrected chi connectivity index (χ3v) is 3.58. The number of carbonyl (C=O) groups excluding carboxylic acids is 1. The van der Waals surface area contributed by atoms with Crippen LogP contribution in [-0.4, -0.2) is 5.91 Å². The Bertz CT molecular complexity index is 434. The Morgan fingerprint density at radius 1 is 1.41 bits per heavy atom. The molecular formula is C14H16BrNO. The van der Waals surface area contributed by atoms with Gasteiger partial charge in [-0.3, -0.25) is 4.79 Å². The Hall–Kier alpha value is -1.09. The van der Waals surface area contributed by atoms with Gasteiger partial charge in [-0.05, 0) is 37.5 Å². The van der Waals surface area contributed by atoms with Crippen LogP contribution in [0.4, 0.5) is 0 Å². The SMILES string of the molecule is CC(NC(=O)C1CC=CC1)c1cccc(Br)c1. The molecule has 1 amide bonds. The van der Waals surface area contributed by atoms with E-state index in [1.165, 1.54) is 0 Å². The normalized spacial score (nSPS) is 17.1. The molecule has 0 bridgehead atoms. The average Bonchev–Trinajstić information content (AvgIpc) is 2.82. The van der Waals surface area contributed by atoms with Crippen LogP contribution in [0.25, 0.3) is 0 Å². The highest BCUT2D eigenvalue weighted by molar-refractivity contribution is 9.10. The maximum atomic E-state index is 12.0. The van der Waals surface area contributed by atoms with Gasteiger partial charge in [0.25, 0.3) is 0 Å². The number of benzene rings is 1. The van der Waals surface area contributed by atoms with Crippen LogP contribution < -0.4 is 5.32 Å². The molecule has 0 fully saturated rings. The lowest BCUT2D eigenvalue weighted by Crippen LogP contribution is -2.31. The molecule has 90 valence electrons. The molecular weight excluding hydrogens is 278 g/mol. The Labute approximate surface area is 110 Å². The lowest BCUT2D eigenvalue weighted by molar-refractivity contribution is -0.125. The summed E-state index contributed by atoms with van der Waals surface area (Å²) in [7, 11) is 0. The maximum absolute atomic E-state index is 12.0. The van der Waals surface area contributed by atoms with E-state index in [9.17, 15) is 4.79 Å². The first-order chi connectivity index (χ1) is 8.16. The number of halogens is 1. The van der Waals surface area contributed by atoms with Crippen molar-refractivity contribution in [3.63, 3.8) is 0 Å². The topological polar surface area (TPSA) is 29.1 Å². The van der Waals surface area contributed by atoms with Gasteiger partial charge in [0.05, 0.1) is 6.04 Å². The van der Waals surface area contributed by atoms with E-state index in [-0.39, 0.29) is 17.9 Å². The number of nitrogens with one attached hydrogen (secondary N) is 1. The van der Waals surface area contributed by atoms with Crippen LogP contribution in [0.3, 0.4) is 0 Å². The molecule has 17 heavy (non-hydrogen) atoms. The van der Waals surface area contributed by atoms with E-state index in [0.717, 1.165) is 22.9 Å². The van der Waals surface area contributed by atoms with Crippen molar-refractivity contribution >= 4 is 21.8 Å². The summed E-state index contributed by atoms with van der Waals surface area (Å²) in [4.78, 5) is 12.0. The van der Waals surface area contributed by atoms with Gasteiger partial charge in [0.2, 0.25) is 5.91 Å². The van der Waals surface area contributed by atoms with Gasteiger partial charge in [0.15, 0.2) is 0 Å². The second-order valence-corrected chi connectivity index (χ2v) is 5.34. The number of allylic oxidation sites excluding steroid dienone is 2. The minimum absolute atomic E-state index is 0.0561. The van der Waals surface area contributed by atoms with Gasteiger partial charge in [-0.1, -0.05) is 40.2 Å². The second-order valence-electron chi connectivity index (χ2n) is 4.43. The fourth-order valence-electron chi connectivity index (χ4n) is 2.02. The standard InChI is InChI=1S/C14H16BrNO/c1-10(12-7-4-8-13(15)9-12)16-14(17)11-5-2-3-6-11/h2-4,7-11H,5-6H2,1H3,(H,16,17). The fourth-order valence-corrected chi connectivity index (χ4v) is 2.44. The number of rotatable bonds is 3. The summed E-state index contributed by atoms with van der Waals surface area (Å²) in [6.45, 7) is 2.02. The Balaban J connectivity index is 1.96. The molecule has 3 heteroatoms. The van der Waals surface area contributed by atoms with E-state index < -0.39 is 0 Å². The number of hydrogen-bond donors (Lipinski definition) is 1. The summed E-state index contributed by atoms with van der Waals surface area (Å²) in [6.07, 6.45) is 5.90. The summed E-state index contributed by atoms with van der Waals surface area (Å²) in [6, 6.07) is 8.10. The molecule has 0 saturated carbocycles. The van der Waals surface area contributed by atoms with Crippen LogP contribution in [0, 0.1) is 5.92 Å². The van der Waals surface area contributed by atoms with Crippen LogP contribution in [0.5, 0.6) is 0 Å². The molecule has 1 unspecified atom stereocenters.